The van der Waals surface area contributed by atoms with Crippen molar-refractivity contribution in [3.05, 3.63) is 108 Å². The molecule has 0 N–H and O–H groups in total. The van der Waals surface area contributed by atoms with Crippen LogP contribution in [0.3, 0.4) is 0 Å². The summed E-state index contributed by atoms with van der Waals surface area (Å²) < 4.78 is 17.0. The minimum atomic E-state index is -0.572. The Hall–Kier alpha value is -4.25. The van der Waals surface area contributed by atoms with Crippen LogP contribution in [0.5, 0.6) is 11.5 Å². The number of hydrogen-bond donors (Lipinski definition) is 0. The summed E-state index contributed by atoms with van der Waals surface area (Å²) in [5, 5.41) is 0. The molecule has 5 heteroatoms. The predicted molar refractivity (Wildman–Crippen MR) is 160 cm³/mol. The van der Waals surface area contributed by atoms with Gasteiger partial charge in [-0.25, -0.2) is 4.79 Å². The van der Waals surface area contributed by atoms with Gasteiger partial charge in [0.2, 0.25) is 0 Å². The molecule has 0 saturated carbocycles. The van der Waals surface area contributed by atoms with E-state index in [-0.39, 0.29) is 12.1 Å². The third-order valence-corrected chi connectivity index (χ3v) is 7.34. The molecule has 0 bridgehead atoms. The molecule has 1 heterocycles. The van der Waals surface area contributed by atoms with Gasteiger partial charge in [0.15, 0.2) is 11.5 Å². The SMILES string of the molecule is COc1cc2c(cc1OC)C(Cc1ccc(-c3ccc(-c4ccccc4)cc3)cc1)N(C(=O)OC(C)(C)C)CC2. The van der Waals surface area contributed by atoms with E-state index < -0.39 is 5.60 Å². The van der Waals surface area contributed by atoms with Gasteiger partial charge in [-0.05, 0) is 84.7 Å². The average Bonchev–Trinajstić information content (AvgIpc) is 2.96. The molecule has 4 aromatic carbocycles. The Balaban J connectivity index is 1.42. The van der Waals surface area contributed by atoms with E-state index in [2.05, 4.69) is 72.8 Å². The third kappa shape index (κ3) is 5.99. The maximum absolute atomic E-state index is 13.3. The Kier molecular flexibility index (Phi) is 7.83. The van der Waals surface area contributed by atoms with E-state index in [0.717, 1.165) is 28.7 Å². The molecular weight excluding hydrogens is 498 g/mol. The summed E-state index contributed by atoms with van der Waals surface area (Å²) in [6.07, 6.45) is 1.09. The molecule has 0 radical (unpaired) electrons. The van der Waals surface area contributed by atoms with Gasteiger partial charge in [0.25, 0.3) is 0 Å². The first-order valence-corrected chi connectivity index (χ1v) is 13.7. The number of amides is 1. The van der Waals surface area contributed by atoms with Gasteiger partial charge in [0.1, 0.15) is 5.60 Å². The summed E-state index contributed by atoms with van der Waals surface area (Å²) in [5.74, 6) is 1.36. The van der Waals surface area contributed by atoms with E-state index in [1.165, 1.54) is 16.7 Å². The van der Waals surface area contributed by atoms with Gasteiger partial charge >= 0.3 is 6.09 Å². The molecule has 0 spiro atoms. The Morgan fingerprint density at radius 3 is 1.85 bits per heavy atom. The Morgan fingerprint density at radius 1 is 0.775 bits per heavy atom. The van der Waals surface area contributed by atoms with Gasteiger partial charge in [0, 0.05) is 6.54 Å². The molecule has 4 aromatic rings. The molecule has 40 heavy (non-hydrogen) atoms. The third-order valence-electron chi connectivity index (χ3n) is 7.34. The molecule has 1 atom stereocenters. The lowest BCUT2D eigenvalue weighted by molar-refractivity contribution is 0.0141. The van der Waals surface area contributed by atoms with Crippen molar-refractivity contribution in [1.29, 1.82) is 0 Å². The van der Waals surface area contributed by atoms with Crippen molar-refractivity contribution >= 4 is 6.09 Å². The van der Waals surface area contributed by atoms with E-state index in [1.807, 2.05) is 43.9 Å². The Labute approximate surface area is 237 Å². The summed E-state index contributed by atoms with van der Waals surface area (Å²) in [4.78, 5) is 15.2. The van der Waals surface area contributed by atoms with Crippen LogP contribution in [0, 0.1) is 0 Å². The first-order valence-electron chi connectivity index (χ1n) is 13.7. The number of ether oxygens (including phenoxy) is 3. The molecule has 0 saturated heterocycles. The second-order valence-electron chi connectivity index (χ2n) is 11.2. The van der Waals surface area contributed by atoms with Crippen molar-refractivity contribution in [3.8, 4) is 33.8 Å². The quantitative estimate of drug-likeness (QED) is 0.250. The van der Waals surface area contributed by atoms with Crippen molar-refractivity contribution in [2.75, 3.05) is 20.8 Å². The number of hydrogen-bond acceptors (Lipinski definition) is 4. The lowest BCUT2D eigenvalue weighted by Crippen LogP contribution is -2.43. The van der Waals surface area contributed by atoms with Gasteiger partial charge in [-0.15, -0.1) is 0 Å². The lowest BCUT2D eigenvalue weighted by Gasteiger charge is -2.38. The molecule has 5 nitrogen and oxygen atoms in total. The van der Waals surface area contributed by atoms with Gasteiger partial charge in [-0.3, -0.25) is 0 Å². The number of carbonyl (C=O) groups is 1. The van der Waals surface area contributed by atoms with Crippen LogP contribution < -0.4 is 9.47 Å². The fourth-order valence-electron chi connectivity index (χ4n) is 5.33. The molecule has 0 fully saturated rings. The van der Waals surface area contributed by atoms with Crippen LogP contribution in [0.1, 0.15) is 43.5 Å². The Morgan fingerprint density at radius 2 is 1.30 bits per heavy atom. The maximum Gasteiger partial charge on any atom is 0.410 e. The van der Waals surface area contributed by atoms with Crippen LogP contribution in [-0.4, -0.2) is 37.4 Å². The van der Waals surface area contributed by atoms with E-state index in [1.54, 1.807) is 14.2 Å². The summed E-state index contributed by atoms with van der Waals surface area (Å²) in [6.45, 7) is 6.28. The van der Waals surface area contributed by atoms with E-state index in [0.29, 0.717) is 24.5 Å². The lowest BCUT2D eigenvalue weighted by atomic mass is 9.88. The summed E-state index contributed by atoms with van der Waals surface area (Å²) in [5.41, 5.74) is 7.53. The van der Waals surface area contributed by atoms with Crippen LogP contribution in [0.25, 0.3) is 22.3 Å². The monoisotopic (exact) mass is 535 g/mol. The van der Waals surface area contributed by atoms with Crippen molar-refractivity contribution < 1.29 is 19.0 Å². The first kappa shape index (κ1) is 27.3. The fourth-order valence-corrected chi connectivity index (χ4v) is 5.33. The van der Waals surface area contributed by atoms with Crippen LogP contribution in [0.2, 0.25) is 0 Å². The number of fused-ring (bicyclic) bond motifs is 1. The molecule has 1 aliphatic heterocycles. The summed E-state index contributed by atoms with van der Waals surface area (Å²) >= 11 is 0. The smallest absolute Gasteiger partial charge is 0.410 e. The second kappa shape index (κ2) is 11.5. The van der Waals surface area contributed by atoms with Gasteiger partial charge < -0.3 is 19.1 Å². The molecule has 1 unspecified atom stereocenters. The normalized spacial score (nSPS) is 14.8. The van der Waals surface area contributed by atoms with Crippen LogP contribution in [-0.2, 0) is 17.6 Å². The summed E-state index contributed by atoms with van der Waals surface area (Å²) in [6, 6.07) is 31.5. The van der Waals surface area contributed by atoms with E-state index in [4.69, 9.17) is 14.2 Å². The zero-order chi connectivity index (χ0) is 28.3. The molecule has 0 aliphatic carbocycles. The second-order valence-corrected chi connectivity index (χ2v) is 11.2. The number of methoxy groups -OCH3 is 2. The number of nitrogens with zero attached hydrogens (tertiary/aromatic N) is 1. The largest absolute Gasteiger partial charge is 0.493 e. The average molecular weight is 536 g/mol. The predicted octanol–water partition coefficient (Wildman–Crippen LogP) is 8.11. The zero-order valence-corrected chi connectivity index (χ0v) is 23.9. The van der Waals surface area contributed by atoms with E-state index in [9.17, 15) is 4.79 Å². The minimum Gasteiger partial charge on any atom is -0.493 e. The maximum atomic E-state index is 13.3. The van der Waals surface area contributed by atoms with Gasteiger partial charge in [-0.1, -0.05) is 78.9 Å². The number of benzene rings is 4. The summed E-state index contributed by atoms with van der Waals surface area (Å²) in [7, 11) is 3.28. The molecule has 5 rings (SSSR count). The van der Waals surface area contributed by atoms with Crippen molar-refractivity contribution in [2.24, 2.45) is 0 Å². The molecule has 0 aromatic heterocycles. The van der Waals surface area contributed by atoms with Gasteiger partial charge in [0.05, 0.1) is 20.3 Å². The minimum absolute atomic E-state index is 0.186. The van der Waals surface area contributed by atoms with Crippen molar-refractivity contribution in [2.45, 2.75) is 45.3 Å². The topological polar surface area (TPSA) is 48.0 Å². The highest BCUT2D eigenvalue weighted by atomic mass is 16.6. The standard InChI is InChI=1S/C35H37NO4/c1-35(2,3)40-34(37)36-20-19-29-22-32(38-4)33(39-5)23-30(29)31(36)21-24-11-13-26(14-12-24)28-17-15-27(16-18-28)25-9-7-6-8-10-25/h6-18,22-23,31H,19-21H2,1-5H3. The van der Waals surface area contributed by atoms with Crippen LogP contribution in [0.15, 0.2) is 91.0 Å². The molecular formula is C35H37NO4. The van der Waals surface area contributed by atoms with Crippen molar-refractivity contribution in [1.82, 2.24) is 4.90 Å². The molecule has 1 aliphatic rings. The molecule has 1 amide bonds. The zero-order valence-electron chi connectivity index (χ0n) is 23.9. The number of carbonyl (C=O) groups excluding carboxylic acids is 1. The van der Waals surface area contributed by atoms with Crippen molar-refractivity contribution in [3.63, 3.8) is 0 Å². The highest BCUT2D eigenvalue weighted by Crippen LogP contribution is 2.40. The number of rotatable bonds is 6. The highest BCUT2D eigenvalue weighted by molar-refractivity contribution is 5.71. The van der Waals surface area contributed by atoms with E-state index >= 15 is 0 Å². The van der Waals surface area contributed by atoms with Crippen LogP contribution >= 0.6 is 0 Å². The first-order chi connectivity index (χ1) is 19.3. The van der Waals surface area contributed by atoms with Gasteiger partial charge in [-0.2, -0.15) is 0 Å². The molecule has 206 valence electrons. The fraction of sp³-hybridized carbons (Fsp3) is 0.286. The highest BCUT2D eigenvalue weighted by Gasteiger charge is 2.34. The Bertz CT molecular complexity index is 1450. The van der Waals surface area contributed by atoms with Crippen LogP contribution in [0.4, 0.5) is 4.79 Å².